The quantitative estimate of drug-likeness (QED) is 0.381. The van der Waals surface area contributed by atoms with E-state index in [-0.39, 0.29) is 13.2 Å². The molecule has 4 heterocycles. The van der Waals surface area contributed by atoms with E-state index in [1.54, 1.807) is 17.2 Å². The van der Waals surface area contributed by atoms with Crippen LogP contribution in [-0.4, -0.2) is 47.5 Å². The lowest BCUT2D eigenvalue weighted by Crippen LogP contribution is -2.03. The van der Waals surface area contributed by atoms with Crippen LogP contribution in [0.1, 0.15) is 5.56 Å². The Labute approximate surface area is 190 Å². The lowest BCUT2D eigenvalue weighted by Gasteiger charge is -2.08. The van der Waals surface area contributed by atoms with Crippen LogP contribution in [0.25, 0.3) is 28.2 Å². The number of aliphatic hydroxyl groups is 1. The van der Waals surface area contributed by atoms with Gasteiger partial charge in [-0.15, -0.1) is 0 Å². The van der Waals surface area contributed by atoms with E-state index < -0.39 is 0 Å². The molecule has 1 aromatic carbocycles. The van der Waals surface area contributed by atoms with Gasteiger partial charge in [0, 0.05) is 43.7 Å². The fraction of sp³-hybridized carbons (Fsp3) is 0.167. The van der Waals surface area contributed by atoms with Gasteiger partial charge in [0.2, 0.25) is 0 Å². The monoisotopic (exact) mass is 441 g/mol. The molecule has 0 amide bonds. The number of rotatable bonds is 8. The second kappa shape index (κ2) is 9.09. The number of fused-ring (bicyclic) bond motifs is 1. The average Bonchev–Trinajstić information content (AvgIpc) is 3.48. The molecule has 0 unspecified atom stereocenters. The lowest BCUT2D eigenvalue weighted by atomic mass is 10.1. The Morgan fingerprint density at radius 3 is 2.67 bits per heavy atom. The SMILES string of the molecule is Cn1cc(-c2ccc(CNc3cc(-c4cnc5cc(OCCO)ccn45)ncn3)cc2)cn1. The molecule has 5 aromatic rings. The van der Waals surface area contributed by atoms with E-state index in [1.165, 1.54) is 0 Å². The Kier molecular flexibility index (Phi) is 5.69. The molecule has 0 aliphatic heterocycles. The van der Waals surface area contributed by atoms with Crippen molar-refractivity contribution in [1.82, 2.24) is 29.1 Å². The van der Waals surface area contributed by atoms with Crippen molar-refractivity contribution in [2.45, 2.75) is 6.54 Å². The Morgan fingerprint density at radius 1 is 1.00 bits per heavy atom. The Balaban J connectivity index is 1.29. The maximum absolute atomic E-state index is 8.93. The van der Waals surface area contributed by atoms with Gasteiger partial charge < -0.3 is 15.2 Å². The highest BCUT2D eigenvalue weighted by atomic mass is 16.5. The summed E-state index contributed by atoms with van der Waals surface area (Å²) in [5, 5.41) is 16.5. The largest absolute Gasteiger partial charge is 0.491 e. The second-order valence-electron chi connectivity index (χ2n) is 7.55. The third-order valence-corrected chi connectivity index (χ3v) is 5.24. The maximum Gasteiger partial charge on any atom is 0.140 e. The first-order valence-electron chi connectivity index (χ1n) is 10.5. The first-order chi connectivity index (χ1) is 16.2. The van der Waals surface area contributed by atoms with Crippen LogP contribution < -0.4 is 10.1 Å². The molecule has 5 rings (SSSR count). The topological polar surface area (TPSA) is 102 Å². The van der Waals surface area contributed by atoms with E-state index >= 15 is 0 Å². The number of hydrogen-bond donors (Lipinski definition) is 2. The zero-order valence-electron chi connectivity index (χ0n) is 18.1. The van der Waals surface area contributed by atoms with Crippen molar-refractivity contribution in [3.63, 3.8) is 0 Å². The van der Waals surface area contributed by atoms with E-state index in [9.17, 15) is 0 Å². The number of imidazole rings is 1. The minimum Gasteiger partial charge on any atom is -0.491 e. The summed E-state index contributed by atoms with van der Waals surface area (Å²) in [6, 6.07) is 13.9. The molecule has 4 aromatic heterocycles. The molecule has 0 spiro atoms. The molecule has 0 atom stereocenters. The third kappa shape index (κ3) is 4.53. The highest BCUT2D eigenvalue weighted by Gasteiger charge is 2.10. The summed E-state index contributed by atoms with van der Waals surface area (Å²) in [7, 11) is 1.91. The molecule has 33 heavy (non-hydrogen) atoms. The Bertz CT molecular complexity index is 1380. The van der Waals surface area contributed by atoms with Gasteiger partial charge >= 0.3 is 0 Å². The van der Waals surface area contributed by atoms with Crippen LogP contribution >= 0.6 is 0 Å². The second-order valence-corrected chi connectivity index (χ2v) is 7.55. The van der Waals surface area contributed by atoms with Crippen molar-refractivity contribution in [3.05, 3.63) is 79.1 Å². The van der Waals surface area contributed by atoms with Crippen LogP contribution in [0.3, 0.4) is 0 Å². The molecule has 2 N–H and O–H groups in total. The molecule has 0 aliphatic carbocycles. The van der Waals surface area contributed by atoms with Crippen molar-refractivity contribution >= 4 is 11.5 Å². The van der Waals surface area contributed by atoms with Crippen LogP contribution in [0.5, 0.6) is 5.75 Å². The number of benzene rings is 1. The standard InChI is InChI=1S/C24H23N7O2/c1-30-15-19(13-29-30)18-4-2-17(3-5-18)12-25-23-11-21(27-16-28-23)22-14-26-24-10-20(33-9-8-32)6-7-31(22)24/h2-7,10-11,13-16,32H,8-9,12H2,1H3,(H,25,27,28). The summed E-state index contributed by atoms with van der Waals surface area (Å²) in [6.45, 7) is 0.857. The van der Waals surface area contributed by atoms with E-state index in [0.717, 1.165) is 39.5 Å². The van der Waals surface area contributed by atoms with Crippen molar-refractivity contribution in [2.75, 3.05) is 18.5 Å². The zero-order valence-corrected chi connectivity index (χ0v) is 18.1. The molecule has 0 saturated heterocycles. The van der Waals surface area contributed by atoms with Crippen LogP contribution in [0.15, 0.2) is 73.6 Å². The number of nitrogens with one attached hydrogen (secondary N) is 1. The van der Waals surface area contributed by atoms with Crippen LogP contribution in [0, 0.1) is 0 Å². The van der Waals surface area contributed by atoms with Gasteiger partial charge in [-0.05, 0) is 17.2 Å². The predicted molar refractivity (Wildman–Crippen MR) is 125 cm³/mol. The number of nitrogens with zero attached hydrogens (tertiary/aromatic N) is 6. The normalized spacial score (nSPS) is 11.1. The summed E-state index contributed by atoms with van der Waals surface area (Å²) in [4.78, 5) is 13.2. The van der Waals surface area contributed by atoms with Gasteiger partial charge in [-0.3, -0.25) is 9.08 Å². The van der Waals surface area contributed by atoms with Gasteiger partial charge in [-0.2, -0.15) is 5.10 Å². The summed E-state index contributed by atoms with van der Waals surface area (Å²) < 4.78 is 9.20. The number of anilines is 1. The predicted octanol–water partition coefficient (Wildman–Crippen LogP) is 3.18. The highest BCUT2D eigenvalue weighted by molar-refractivity contribution is 5.64. The van der Waals surface area contributed by atoms with Crippen molar-refractivity contribution in [2.24, 2.45) is 7.05 Å². The molecule has 9 heteroatoms. The van der Waals surface area contributed by atoms with Gasteiger partial charge in [0.05, 0.1) is 30.4 Å². The summed E-state index contributed by atoms with van der Waals surface area (Å²) >= 11 is 0. The molecule has 0 saturated carbocycles. The van der Waals surface area contributed by atoms with Crippen molar-refractivity contribution in [3.8, 4) is 28.3 Å². The van der Waals surface area contributed by atoms with Gasteiger partial charge in [0.1, 0.15) is 30.1 Å². The molecule has 166 valence electrons. The number of ether oxygens (including phenoxy) is 1. The number of aliphatic hydroxyl groups excluding tert-OH is 1. The van der Waals surface area contributed by atoms with Crippen LogP contribution in [-0.2, 0) is 13.6 Å². The van der Waals surface area contributed by atoms with E-state index in [0.29, 0.717) is 12.3 Å². The summed E-state index contributed by atoms with van der Waals surface area (Å²) in [5.41, 5.74) is 5.72. The molecule has 9 nitrogen and oxygen atoms in total. The summed E-state index contributed by atoms with van der Waals surface area (Å²) in [6.07, 6.45) is 9.05. The van der Waals surface area contributed by atoms with Crippen molar-refractivity contribution < 1.29 is 9.84 Å². The van der Waals surface area contributed by atoms with Gasteiger partial charge in [-0.25, -0.2) is 15.0 Å². The smallest absolute Gasteiger partial charge is 0.140 e. The number of aromatic nitrogens is 6. The van der Waals surface area contributed by atoms with Gasteiger partial charge in [-0.1, -0.05) is 24.3 Å². The average molecular weight is 441 g/mol. The first-order valence-corrected chi connectivity index (χ1v) is 10.5. The fourth-order valence-corrected chi connectivity index (χ4v) is 3.58. The van der Waals surface area contributed by atoms with E-state index in [2.05, 4.69) is 49.6 Å². The summed E-state index contributed by atoms with van der Waals surface area (Å²) in [5.74, 6) is 1.39. The van der Waals surface area contributed by atoms with E-state index in [1.807, 2.05) is 48.2 Å². The molecule has 0 bridgehead atoms. The highest BCUT2D eigenvalue weighted by Crippen LogP contribution is 2.23. The fourth-order valence-electron chi connectivity index (χ4n) is 3.58. The van der Waals surface area contributed by atoms with Crippen LogP contribution in [0.2, 0.25) is 0 Å². The number of hydrogen-bond acceptors (Lipinski definition) is 7. The molecule has 0 aliphatic rings. The lowest BCUT2D eigenvalue weighted by molar-refractivity contribution is 0.201. The molecular weight excluding hydrogens is 418 g/mol. The maximum atomic E-state index is 8.93. The van der Waals surface area contributed by atoms with Gasteiger partial charge in [0.25, 0.3) is 0 Å². The van der Waals surface area contributed by atoms with Crippen molar-refractivity contribution in [1.29, 1.82) is 0 Å². The molecular formula is C24H23N7O2. The zero-order chi connectivity index (χ0) is 22.6. The molecule has 0 radical (unpaired) electrons. The minimum absolute atomic E-state index is 0.0315. The number of pyridine rings is 1. The first kappa shape index (κ1) is 20.7. The van der Waals surface area contributed by atoms with E-state index in [4.69, 9.17) is 9.84 Å². The Hall–Kier alpha value is -4.24. The number of aryl methyl sites for hydroxylation is 1. The molecule has 0 fully saturated rings. The Morgan fingerprint density at radius 2 is 1.88 bits per heavy atom. The van der Waals surface area contributed by atoms with Gasteiger partial charge in [0.15, 0.2) is 0 Å². The van der Waals surface area contributed by atoms with Crippen LogP contribution in [0.4, 0.5) is 5.82 Å². The third-order valence-electron chi connectivity index (χ3n) is 5.24. The minimum atomic E-state index is -0.0315.